The number of anilines is 1. The lowest BCUT2D eigenvalue weighted by Crippen LogP contribution is -2.34. The molecule has 0 amide bonds. The van der Waals surface area contributed by atoms with E-state index in [-0.39, 0.29) is 5.96 Å². The third-order valence-corrected chi connectivity index (χ3v) is 1.79. The molecule has 0 radical (unpaired) electrons. The van der Waals surface area contributed by atoms with E-state index in [1.807, 2.05) is 6.07 Å². The van der Waals surface area contributed by atoms with Crippen LogP contribution in [0.5, 0.6) is 0 Å². The molecular weight excluding hydrogens is 252 g/mol. The van der Waals surface area contributed by atoms with E-state index in [9.17, 15) is 10.1 Å². The Morgan fingerprint density at radius 3 is 2.86 bits per heavy atom. The molecular formula is C7H7BrN4O2. The number of nitrogens with zero attached hydrogens (tertiary/aromatic N) is 1. The van der Waals surface area contributed by atoms with E-state index in [1.54, 1.807) is 23.6 Å². The minimum absolute atomic E-state index is 0.381. The second-order valence-corrected chi connectivity index (χ2v) is 3.29. The molecule has 14 heavy (non-hydrogen) atoms. The van der Waals surface area contributed by atoms with Gasteiger partial charge in [-0.3, -0.25) is 5.41 Å². The molecule has 1 rings (SSSR count). The monoisotopic (exact) mass is 258 g/mol. The summed E-state index contributed by atoms with van der Waals surface area (Å²) in [6.45, 7) is 0. The Hall–Kier alpha value is -1.63. The van der Waals surface area contributed by atoms with Crippen molar-refractivity contribution in [2.75, 3.05) is 5.32 Å². The van der Waals surface area contributed by atoms with Crippen molar-refractivity contribution >= 4 is 27.6 Å². The molecule has 0 heterocycles. The molecule has 0 spiro atoms. The smallest absolute Gasteiger partial charge is 0.255 e. The Morgan fingerprint density at radius 1 is 1.57 bits per heavy atom. The zero-order valence-electron chi connectivity index (χ0n) is 6.95. The van der Waals surface area contributed by atoms with Crippen LogP contribution in [0.1, 0.15) is 0 Å². The van der Waals surface area contributed by atoms with Crippen LogP contribution in [-0.4, -0.2) is 11.0 Å². The van der Waals surface area contributed by atoms with Gasteiger partial charge in [-0.25, -0.2) is 10.1 Å². The molecule has 0 aromatic heterocycles. The first kappa shape index (κ1) is 10.5. The van der Waals surface area contributed by atoms with Crippen LogP contribution >= 0.6 is 15.9 Å². The Kier molecular flexibility index (Phi) is 3.41. The molecule has 0 saturated carbocycles. The normalized spacial score (nSPS) is 9.21. The second kappa shape index (κ2) is 4.56. The number of hydrazine groups is 1. The van der Waals surface area contributed by atoms with Crippen molar-refractivity contribution < 1.29 is 5.03 Å². The van der Waals surface area contributed by atoms with Gasteiger partial charge in [-0.1, -0.05) is 27.4 Å². The van der Waals surface area contributed by atoms with Crippen LogP contribution in [0.4, 0.5) is 5.69 Å². The molecule has 3 N–H and O–H groups in total. The number of guanidine groups is 1. The van der Waals surface area contributed by atoms with Crippen molar-refractivity contribution in [2.24, 2.45) is 0 Å². The zero-order valence-corrected chi connectivity index (χ0v) is 8.54. The van der Waals surface area contributed by atoms with Crippen LogP contribution < -0.4 is 10.7 Å². The molecule has 0 unspecified atom stereocenters. The molecule has 0 atom stereocenters. The number of nitrogens with one attached hydrogen (secondary N) is 3. The third kappa shape index (κ3) is 3.40. The van der Waals surface area contributed by atoms with Crippen molar-refractivity contribution in [3.05, 3.63) is 38.9 Å². The Morgan fingerprint density at radius 2 is 2.29 bits per heavy atom. The quantitative estimate of drug-likeness (QED) is 0.325. The molecule has 1 aromatic carbocycles. The SMILES string of the molecule is N=C(Nc1cccc(Br)c1)N[N+](=O)[O-]. The molecule has 74 valence electrons. The maximum absolute atomic E-state index is 9.97. The summed E-state index contributed by atoms with van der Waals surface area (Å²) in [4.78, 5) is 9.97. The van der Waals surface area contributed by atoms with Crippen molar-refractivity contribution in [3.63, 3.8) is 0 Å². The molecule has 1 aromatic rings. The van der Waals surface area contributed by atoms with Crippen molar-refractivity contribution in [1.82, 2.24) is 5.43 Å². The largest absolute Gasteiger partial charge is 0.322 e. The van der Waals surface area contributed by atoms with Gasteiger partial charge in [-0.05, 0) is 18.2 Å². The molecule has 7 heteroatoms. The summed E-state index contributed by atoms with van der Waals surface area (Å²) in [5, 5.41) is 18.8. The third-order valence-electron chi connectivity index (χ3n) is 1.30. The van der Waals surface area contributed by atoms with Crippen LogP contribution in [0.3, 0.4) is 0 Å². The van der Waals surface area contributed by atoms with Crippen LogP contribution in [0.15, 0.2) is 28.7 Å². The fourth-order valence-electron chi connectivity index (χ4n) is 0.830. The summed E-state index contributed by atoms with van der Waals surface area (Å²) in [5.74, 6) is -0.381. The highest BCUT2D eigenvalue weighted by Crippen LogP contribution is 2.15. The lowest BCUT2D eigenvalue weighted by Gasteiger charge is -2.04. The first-order chi connectivity index (χ1) is 6.58. The summed E-state index contributed by atoms with van der Waals surface area (Å²) in [6, 6.07) is 6.97. The van der Waals surface area contributed by atoms with Crippen LogP contribution in [0.2, 0.25) is 0 Å². The molecule has 0 saturated heterocycles. The lowest BCUT2D eigenvalue weighted by atomic mass is 10.3. The molecule has 0 bridgehead atoms. The Labute approximate surface area is 88.1 Å². The van der Waals surface area contributed by atoms with Gasteiger partial charge in [0.1, 0.15) is 0 Å². The first-order valence-corrected chi connectivity index (χ1v) is 4.39. The van der Waals surface area contributed by atoms with Gasteiger partial charge >= 0.3 is 0 Å². The number of benzene rings is 1. The predicted molar refractivity (Wildman–Crippen MR) is 55.6 cm³/mol. The van der Waals surface area contributed by atoms with Crippen LogP contribution in [0, 0.1) is 15.5 Å². The molecule has 6 nitrogen and oxygen atoms in total. The summed E-state index contributed by atoms with van der Waals surface area (Å²) in [7, 11) is 0. The van der Waals surface area contributed by atoms with E-state index < -0.39 is 5.03 Å². The van der Waals surface area contributed by atoms with Gasteiger partial charge in [0, 0.05) is 10.2 Å². The molecule has 0 aliphatic carbocycles. The standard InChI is InChI=1S/C7H7BrN4O2/c8-5-2-1-3-6(4-5)10-7(9)11-12(13)14/h1-4H,(H3,9,10,11). The van der Waals surface area contributed by atoms with E-state index in [0.717, 1.165) is 4.47 Å². The van der Waals surface area contributed by atoms with E-state index >= 15 is 0 Å². The number of halogens is 1. The fourth-order valence-corrected chi connectivity index (χ4v) is 1.23. The fraction of sp³-hybridized carbons (Fsp3) is 0. The second-order valence-electron chi connectivity index (χ2n) is 2.38. The minimum atomic E-state index is -0.798. The molecule has 0 fully saturated rings. The maximum Gasteiger partial charge on any atom is 0.255 e. The summed E-state index contributed by atoms with van der Waals surface area (Å²) < 4.78 is 0.830. The first-order valence-electron chi connectivity index (χ1n) is 3.60. The van der Waals surface area contributed by atoms with E-state index in [2.05, 4.69) is 21.2 Å². The van der Waals surface area contributed by atoms with Gasteiger partial charge < -0.3 is 5.32 Å². The summed E-state index contributed by atoms with van der Waals surface area (Å²) in [5.41, 5.74) is 2.29. The van der Waals surface area contributed by atoms with E-state index in [1.165, 1.54) is 0 Å². The van der Waals surface area contributed by atoms with E-state index in [4.69, 9.17) is 5.41 Å². The number of hydrogen-bond donors (Lipinski definition) is 3. The number of nitro groups is 1. The van der Waals surface area contributed by atoms with Gasteiger partial charge in [0.15, 0.2) is 5.03 Å². The number of hydrogen-bond acceptors (Lipinski definition) is 3. The maximum atomic E-state index is 9.97. The van der Waals surface area contributed by atoms with Crippen LogP contribution in [0.25, 0.3) is 0 Å². The summed E-state index contributed by atoms with van der Waals surface area (Å²) in [6.07, 6.45) is 0. The highest BCUT2D eigenvalue weighted by atomic mass is 79.9. The average Bonchev–Trinajstić information content (AvgIpc) is 2.01. The Bertz CT molecular complexity index is 368. The highest BCUT2D eigenvalue weighted by Gasteiger charge is 2.02. The van der Waals surface area contributed by atoms with Gasteiger partial charge in [0.2, 0.25) is 0 Å². The topological polar surface area (TPSA) is 91.1 Å². The molecule has 0 aliphatic heterocycles. The van der Waals surface area contributed by atoms with Gasteiger partial charge in [0.25, 0.3) is 5.96 Å². The van der Waals surface area contributed by atoms with Gasteiger partial charge in [-0.15, -0.1) is 0 Å². The molecule has 0 aliphatic rings. The van der Waals surface area contributed by atoms with Crippen molar-refractivity contribution in [3.8, 4) is 0 Å². The number of rotatable bonds is 2. The highest BCUT2D eigenvalue weighted by molar-refractivity contribution is 9.10. The van der Waals surface area contributed by atoms with Crippen LogP contribution in [-0.2, 0) is 0 Å². The van der Waals surface area contributed by atoms with E-state index in [0.29, 0.717) is 5.69 Å². The Balaban J connectivity index is 2.60. The zero-order chi connectivity index (χ0) is 10.6. The van der Waals surface area contributed by atoms with Crippen molar-refractivity contribution in [2.45, 2.75) is 0 Å². The van der Waals surface area contributed by atoms with Gasteiger partial charge in [0.05, 0.1) is 0 Å². The van der Waals surface area contributed by atoms with Crippen molar-refractivity contribution in [1.29, 1.82) is 5.41 Å². The summed E-state index contributed by atoms with van der Waals surface area (Å²) >= 11 is 3.24. The predicted octanol–water partition coefficient (Wildman–Crippen LogP) is 1.58. The van der Waals surface area contributed by atoms with Gasteiger partial charge in [-0.2, -0.15) is 0 Å². The average molecular weight is 259 g/mol. The lowest BCUT2D eigenvalue weighted by molar-refractivity contribution is -0.525. The minimum Gasteiger partial charge on any atom is -0.322 e.